The van der Waals surface area contributed by atoms with Crippen molar-refractivity contribution in [2.24, 2.45) is 11.7 Å². The van der Waals surface area contributed by atoms with Crippen LogP contribution in [0.3, 0.4) is 0 Å². The number of hydrogen-bond donors (Lipinski definition) is 2. The van der Waals surface area contributed by atoms with E-state index in [4.69, 9.17) is 10.5 Å². The zero-order valence-electron chi connectivity index (χ0n) is 13.9. The standard InChI is InChI=1S/C17H21N3O2.2ClH/c1-11-9-14(20-17(21)12(2)13(3)18)6-7-16(11)22-15-5-4-8-19-10-15;;/h4-10,12-13H,18H2,1-3H3,(H,20,21);2*1H. The maximum absolute atomic E-state index is 12.0. The number of pyridine rings is 1. The molecular weight excluding hydrogens is 349 g/mol. The van der Waals surface area contributed by atoms with Crippen LogP contribution in [0.1, 0.15) is 19.4 Å². The third-order valence-corrected chi connectivity index (χ3v) is 3.51. The summed E-state index contributed by atoms with van der Waals surface area (Å²) in [6, 6.07) is 8.98. The van der Waals surface area contributed by atoms with E-state index in [0.717, 1.165) is 17.0 Å². The van der Waals surface area contributed by atoms with E-state index in [1.54, 1.807) is 12.4 Å². The van der Waals surface area contributed by atoms with Gasteiger partial charge in [0.15, 0.2) is 0 Å². The van der Waals surface area contributed by atoms with E-state index in [1.807, 2.05) is 51.1 Å². The van der Waals surface area contributed by atoms with Gasteiger partial charge in [0.1, 0.15) is 11.5 Å². The molecule has 1 aromatic carbocycles. The van der Waals surface area contributed by atoms with Gasteiger partial charge in [0, 0.05) is 17.9 Å². The van der Waals surface area contributed by atoms with Gasteiger partial charge in [-0.3, -0.25) is 9.78 Å². The molecule has 1 heterocycles. The molecule has 0 aliphatic rings. The highest BCUT2D eigenvalue weighted by molar-refractivity contribution is 5.92. The summed E-state index contributed by atoms with van der Waals surface area (Å²) in [7, 11) is 0. The largest absolute Gasteiger partial charge is 0.455 e. The zero-order valence-corrected chi connectivity index (χ0v) is 15.5. The molecule has 0 bridgehead atoms. The Labute approximate surface area is 154 Å². The molecule has 2 rings (SSSR count). The number of amides is 1. The normalized spacial score (nSPS) is 12.2. The number of anilines is 1. The summed E-state index contributed by atoms with van der Waals surface area (Å²) in [5.74, 6) is 1.07. The van der Waals surface area contributed by atoms with Gasteiger partial charge >= 0.3 is 0 Å². The van der Waals surface area contributed by atoms with Crippen LogP contribution in [-0.4, -0.2) is 16.9 Å². The molecule has 0 saturated carbocycles. The second-order valence-electron chi connectivity index (χ2n) is 5.41. The molecule has 5 nitrogen and oxygen atoms in total. The Morgan fingerprint density at radius 1 is 1.25 bits per heavy atom. The minimum Gasteiger partial charge on any atom is -0.455 e. The van der Waals surface area contributed by atoms with Crippen molar-refractivity contribution in [3.05, 3.63) is 48.3 Å². The summed E-state index contributed by atoms with van der Waals surface area (Å²) >= 11 is 0. The van der Waals surface area contributed by atoms with Gasteiger partial charge in [-0.1, -0.05) is 6.92 Å². The second kappa shape index (κ2) is 10.1. The van der Waals surface area contributed by atoms with Gasteiger partial charge in [0.2, 0.25) is 5.91 Å². The molecule has 2 unspecified atom stereocenters. The number of benzene rings is 1. The topological polar surface area (TPSA) is 77.2 Å². The van der Waals surface area contributed by atoms with Crippen molar-refractivity contribution in [3.63, 3.8) is 0 Å². The lowest BCUT2D eigenvalue weighted by molar-refractivity contribution is -0.119. The quantitative estimate of drug-likeness (QED) is 0.833. The molecule has 3 N–H and O–H groups in total. The van der Waals surface area contributed by atoms with Gasteiger partial charge in [-0.2, -0.15) is 0 Å². The smallest absolute Gasteiger partial charge is 0.228 e. The van der Waals surface area contributed by atoms with Crippen LogP contribution < -0.4 is 15.8 Å². The summed E-state index contributed by atoms with van der Waals surface area (Å²) in [5.41, 5.74) is 7.40. The Morgan fingerprint density at radius 2 is 1.96 bits per heavy atom. The van der Waals surface area contributed by atoms with Gasteiger partial charge in [0.05, 0.1) is 12.1 Å². The molecule has 1 aromatic heterocycles. The highest BCUT2D eigenvalue weighted by Gasteiger charge is 2.17. The average molecular weight is 372 g/mol. The van der Waals surface area contributed by atoms with Crippen LogP contribution >= 0.6 is 24.8 Å². The first-order chi connectivity index (χ1) is 10.5. The first-order valence-corrected chi connectivity index (χ1v) is 7.22. The molecule has 0 saturated heterocycles. The van der Waals surface area contributed by atoms with Crippen molar-refractivity contribution in [1.29, 1.82) is 0 Å². The lowest BCUT2D eigenvalue weighted by Gasteiger charge is -2.16. The first-order valence-electron chi connectivity index (χ1n) is 7.22. The minimum absolute atomic E-state index is 0. The fraction of sp³-hybridized carbons (Fsp3) is 0.294. The molecule has 0 spiro atoms. The highest BCUT2D eigenvalue weighted by atomic mass is 35.5. The number of nitrogens with zero attached hydrogens (tertiary/aromatic N) is 1. The van der Waals surface area contributed by atoms with Crippen LogP contribution in [0.4, 0.5) is 5.69 Å². The van der Waals surface area contributed by atoms with E-state index in [0.29, 0.717) is 5.75 Å². The molecule has 0 aliphatic heterocycles. The van der Waals surface area contributed by atoms with Crippen molar-refractivity contribution in [2.75, 3.05) is 5.32 Å². The first kappa shape index (κ1) is 22.2. The maximum Gasteiger partial charge on any atom is 0.228 e. The Kier molecular flexibility index (Phi) is 9.36. The molecule has 132 valence electrons. The van der Waals surface area contributed by atoms with Crippen molar-refractivity contribution in [1.82, 2.24) is 4.98 Å². The van der Waals surface area contributed by atoms with Gasteiger partial charge < -0.3 is 15.8 Å². The van der Waals surface area contributed by atoms with Crippen LogP contribution in [-0.2, 0) is 4.79 Å². The predicted octanol–water partition coefficient (Wildman–Crippen LogP) is 3.95. The van der Waals surface area contributed by atoms with Crippen LogP contribution in [0.5, 0.6) is 11.5 Å². The molecule has 7 heteroatoms. The van der Waals surface area contributed by atoms with Crippen LogP contribution in [0, 0.1) is 12.8 Å². The lowest BCUT2D eigenvalue weighted by Crippen LogP contribution is -2.34. The Balaban J connectivity index is 0.00000264. The van der Waals surface area contributed by atoms with Gasteiger partial charge in [-0.25, -0.2) is 0 Å². The second-order valence-corrected chi connectivity index (χ2v) is 5.41. The van der Waals surface area contributed by atoms with Gasteiger partial charge in [0.25, 0.3) is 0 Å². The lowest BCUT2D eigenvalue weighted by atomic mass is 10.0. The molecule has 2 aromatic rings. The average Bonchev–Trinajstić information content (AvgIpc) is 2.50. The van der Waals surface area contributed by atoms with E-state index in [-0.39, 0.29) is 42.7 Å². The monoisotopic (exact) mass is 371 g/mol. The minimum atomic E-state index is -0.244. The molecule has 0 fully saturated rings. The van der Waals surface area contributed by atoms with E-state index in [2.05, 4.69) is 10.3 Å². The number of ether oxygens (including phenoxy) is 1. The van der Waals surface area contributed by atoms with Crippen molar-refractivity contribution in [3.8, 4) is 11.5 Å². The zero-order chi connectivity index (χ0) is 16.1. The van der Waals surface area contributed by atoms with Crippen LogP contribution in [0.25, 0.3) is 0 Å². The molecule has 24 heavy (non-hydrogen) atoms. The Bertz CT molecular complexity index is 652. The number of hydrogen-bond acceptors (Lipinski definition) is 4. The summed E-state index contributed by atoms with van der Waals surface area (Å²) < 4.78 is 5.76. The van der Waals surface area contributed by atoms with Crippen LogP contribution in [0.2, 0.25) is 0 Å². The van der Waals surface area contributed by atoms with Crippen molar-refractivity contribution >= 4 is 36.4 Å². The third-order valence-electron chi connectivity index (χ3n) is 3.51. The molecule has 0 aliphatic carbocycles. The van der Waals surface area contributed by atoms with Crippen molar-refractivity contribution < 1.29 is 9.53 Å². The number of rotatable bonds is 5. The molecule has 1 amide bonds. The Morgan fingerprint density at radius 3 is 2.50 bits per heavy atom. The summed E-state index contributed by atoms with van der Waals surface area (Å²) in [4.78, 5) is 16.0. The number of nitrogens with one attached hydrogen (secondary N) is 1. The van der Waals surface area contributed by atoms with E-state index in [9.17, 15) is 4.79 Å². The highest BCUT2D eigenvalue weighted by Crippen LogP contribution is 2.27. The maximum atomic E-state index is 12.0. The van der Waals surface area contributed by atoms with Crippen LogP contribution in [0.15, 0.2) is 42.7 Å². The third kappa shape index (κ3) is 6.00. The fourth-order valence-electron chi connectivity index (χ4n) is 1.87. The number of aryl methyl sites for hydroxylation is 1. The summed E-state index contributed by atoms with van der Waals surface area (Å²) in [6.45, 7) is 5.56. The number of halogens is 2. The van der Waals surface area contributed by atoms with E-state index < -0.39 is 0 Å². The fourth-order valence-corrected chi connectivity index (χ4v) is 1.87. The van der Waals surface area contributed by atoms with Gasteiger partial charge in [-0.15, -0.1) is 24.8 Å². The van der Waals surface area contributed by atoms with Gasteiger partial charge in [-0.05, 0) is 49.7 Å². The van der Waals surface area contributed by atoms with E-state index >= 15 is 0 Å². The molecular formula is C17H23Cl2N3O2. The summed E-state index contributed by atoms with van der Waals surface area (Å²) in [6.07, 6.45) is 3.34. The van der Waals surface area contributed by atoms with E-state index in [1.165, 1.54) is 0 Å². The molecule has 2 atom stereocenters. The number of carbonyl (C=O) groups excluding carboxylic acids is 1. The molecule has 0 radical (unpaired) electrons. The number of aromatic nitrogens is 1. The van der Waals surface area contributed by atoms with Crippen molar-refractivity contribution in [2.45, 2.75) is 26.8 Å². The number of nitrogens with two attached hydrogens (primary N) is 1. The summed E-state index contributed by atoms with van der Waals surface area (Å²) in [5, 5.41) is 2.87. The number of carbonyl (C=O) groups is 1. The SMILES string of the molecule is Cc1cc(NC(=O)C(C)C(C)N)ccc1Oc1cccnc1.Cl.Cl. The Hall–Kier alpha value is -1.82. The predicted molar refractivity (Wildman–Crippen MR) is 101 cm³/mol.